The molecule has 1 heterocycles. The summed E-state index contributed by atoms with van der Waals surface area (Å²) in [7, 11) is -2.34. The molecule has 0 spiro atoms. The lowest BCUT2D eigenvalue weighted by Crippen LogP contribution is -2.27. The van der Waals surface area contributed by atoms with Crippen molar-refractivity contribution in [3.63, 3.8) is 0 Å². The summed E-state index contributed by atoms with van der Waals surface area (Å²) in [4.78, 5) is 15.2. The van der Waals surface area contributed by atoms with Crippen molar-refractivity contribution in [2.75, 3.05) is 48.0 Å². The zero-order valence-electron chi connectivity index (χ0n) is 25.9. The van der Waals surface area contributed by atoms with E-state index in [4.69, 9.17) is 4.55 Å². The van der Waals surface area contributed by atoms with E-state index in [1.54, 1.807) is 11.9 Å². The molecular formula is C30H60N6O3S. The standard InChI is InChI=1S/C30H60N6O3S/c1-4-6-8-10-12-14-15-16-17-19-21-23-25-32-29-33-28(31-24-22-20-18-13-11-9-7-5-2)34-30(35-29)36(3)26-27-40(37,38)39/h4-27H2,1-3H3,(H,37,38,39)(H2,31,32,33,34,35). The Morgan fingerprint density at radius 3 is 1.30 bits per heavy atom. The molecule has 0 radical (unpaired) electrons. The normalized spacial score (nSPS) is 11.6. The van der Waals surface area contributed by atoms with Crippen LogP contribution in [0.2, 0.25) is 0 Å². The second kappa shape index (κ2) is 24.0. The van der Waals surface area contributed by atoms with Gasteiger partial charge in [-0.2, -0.15) is 23.4 Å². The Labute approximate surface area is 245 Å². The molecule has 0 saturated heterocycles. The van der Waals surface area contributed by atoms with E-state index in [0.29, 0.717) is 17.8 Å². The van der Waals surface area contributed by atoms with Crippen molar-refractivity contribution >= 4 is 28.0 Å². The van der Waals surface area contributed by atoms with Gasteiger partial charge in [0.15, 0.2) is 0 Å². The molecule has 0 atom stereocenters. The molecule has 0 aliphatic rings. The van der Waals surface area contributed by atoms with Gasteiger partial charge in [-0.15, -0.1) is 0 Å². The number of nitrogens with zero attached hydrogens (tertiary/aromatic N) is 4. The van der Waals surface area contributed by atoms with Crippen LogP contribution < -0.4 is 15.5 Å². The Bertz CT molecular complexity index is 841. The maximum absolute atomic E-state index is 11.2. The smallest absolute Gasteiger partial charge is 0.266 e. The number of anilines is 3. The van der Waals surface area contributed by atoms with Crippen LogP contribution >= 0.6 is 0 Å². The first kappa shape index (κ1) is 36.3. The number of rotatable bonds is 28. The summed E-state index contributed by atoms with van der Waals surface area (Å²) < 4.78 is 31.5. The third-order valence-corrected chi connectivity index (χ3v) is 7.98. The van der Waals surface area contributed by atoms with Crippen LogP contribution in [0.5, 0.6) is 0 Å². The van der Waals surface area contributed by atoms with Crippen LogP contribution in [0.15, 0.2) is 0 Å². The monoisotopic (exact) mass is 584 g/mol. The van der Waals surface area contributed by atoms with Gasteiger partial charge >= 0.3 is 0 Å². The predicted molar refractivity (Wildman–Crippen MR) is 170 cm³/mol. The Morgan fingerprint density at radius 1 is 0.600 bits per heavy atom. The molecule has 3 N–H and O–H groups in total. The third kappa shape index (κ3) is 21.1. The summed E-state index contributed by atoms with van der Waals surface area (Å²) in [6, 6.07) is 0. The molecule has 0 fully saturated rings. The maximum Gasteiger partial charge on any atom is 0.266 e. The summed E-state index contributed by atoms with van der Waals surface area (Å²) in [5, 5.41) is 6.64. The predicted octanol–water partition coefficient (Wildman–Crippen LogP) is 7.86. The van der Waals surface area contributed by atoms with E-state index in [1.165, 1.54) is 116 Å². The highest BCUT2D eigenvalue weighted by molar-refractivity contribution is 7.85. The van der Waals surface area contributed by atoms with Crippen LogP contribution in [0.1, 0.15) is 142 Å². The van der Waals surface area contributed by atoms with E-state index < -0.39 is 10.1 Å². The first-order valence-electron chi connectivity index (χ1n) is 16.3. The summed E-state index contributed by atoms with van der Waals surface area (Å²) in [5.41, 5.74) is 0. The van der Waals surface area contributed by atoms with Gasteiger partial charge in [0.05, 0.1) is 5.75 Å². The zero-order valence-corrected chi connectivity index (χ0v) is 26.7. The molecular weight excluding hydrogens is 524 g/mol. The maximum atomic E-state index is 11.2. The van der Waals surface area contributed by atoms with Gasteiger partial charge in [0.25, 0.3) is 10.1 Å². The lowest BCUT2D eigenvalue weighted by Gasteiger charge is -2.18. The number of hydrogen-bond acceptors (Lipinski definition) is 8. The zero-order chi connectivity index (χ0) is 29.3. The second-order valence-electron chi connectivity index (χ2n) is 11.2. The van der Waals surface area contributed by atoms with Crippen LogP contribution in [-0.4, -0.2) is 60.4 Å². The van der Waals surface area contributed by atoms with Gasteiger partial charge in [-0.1, -0.05) is 129 Å². The fraction of sp³-hybridized carbons (Fsp3) is 0.900. The fourth-order valence-electron chi connectivity index (χ4n) is 4.67. The van der Waals surface area contributed by atoms with Crippen molar-refractivity contribution in [1.82, 2.24) is 15.0 Å². The Kier molecular flexibility index (Phi) is 21.8. The molecule has 10 heteroatoms. The molecule has 1 aromatic heterocycles. The minimum atomic E-state index is -4.06. The van der Waals surface area contributed by atoms with Crippen LogP contribution in [-0.2, 0) is 10.1 Å². The topological polar surface area (TPSA) is 120 Å². The molecule has 9 nitrogen and oxygen atoms in total. The van der Waals surface area contributed by atoms with Gasteiger partial charge in [0.2, 0.25) is 17.8 Å². The number of nitrogens with one attached hydrogen (secondary N) is 2. The van der Waals surface area contributed by atoms with Crippen molar-refractivity contribution in [3.8, 4) is 0 Å². The van der Waals surface area contributed by atoms with Crippen molar-refractivity contribution in [2.24, 2.45) is 0 Å². The second-order valence-corrected chi connectivity index (χ2v) is 12.8. The molecule has 1 aromatic rings. The number of hydrogen-bond donors (Lipinski definition) is 3. The third-order valence-electron chi connectivity index (χ3n) is 7.28. The van der Waals surface area contributed by atoms with E-state index in [2.05, 4.69) is 39.4 Å². The average Bonchev–Trinajstić information content (AvgIpc) is 2.93. The first-order chi connectivity index (χ1) is 19.4. The summed E-state index contributed by atoms with van der Waals surface area (Å²) in [6.45, 7) is 6.17. The van der Waals surface area contributed by atoms with Gasteiger partial charge in [0, 0.05) is 26.7 Å². The minimum absolute atomic E-state index is 0.0957. The molecule has 0 amide bonds. The van der Waals surface area contributed by atoms with E-state index in [9.17, 15) is 8.42 Å². The average molecular weight is 585 g/mol. The van der Waals surface area contributed by atoms with Crippen LogP contribution in [0.4, 0.5) is 17.8 Å². The first-order valence-corrected chi connectivity index (χ1v) is 17.9. The Morgan fingerprint density at radius 2 is 0.950 bits per heavy atom. The quantitative estimate of drug-likeness (QED) is 0.0667. The highest BCUT2D eigenvalue weighted by Gasteiger charge is 2.13. The molecule has 0 aromatic carbocycles. The van der Waals surface area contributed by atoms with E-state index in [1.807, 2.05) is 0 Å². The van der Waals surface area contributed by atoms with Crippen LogP contribution in [0, 0.1) is 0 Å². The summed E-state index contributed by atoms with van der Waals surface area (Å²) in [5.74, 6) is 0.987. The lowest BCUT2D eigenvalue weighted by atomic mass is 10.1. The van der Waals surface area contributed by atoms with Crippen LogP contribution in [0.3, 0.4) is 0 Å². The lowest BCUT2D eigenvalue weighted by molar-refractivity contribution is 0.483. The molecule has 0 saturated carbocycles. The number of unbranched alkanes of at least 4 members (excludes halogenated alkanes) is 18. The molecule has 1 rings (SSSR count). The molecule has 0 unspecified atom stereocenters. The highest BCUT2D eigenvalue weighted by atomic mass is 32.2. The van der Waals surface area contributed by atoms with Gasteiger partial charge in [-0.25, -0.2) is 0 Å². The SMILES string of the molecule is CCCCCCCCCCCCCCNc1nc(NCCCCCCCCCC)nc(N(C)CCS(=O)(=O)O)n1. The minimum Gasteiger partial charge on any atom is -0.354 e. The van der Waals surface area contributed by atoms with Gasteiger partial charge < -0.3 is 15.5 Å². The molecule has 0 bridgehead atoms. The van der Waals surface area contributed by atoms with Gasteiger partial charge in [-0.05, 0) is 12.8 Å². The van der Waals surface area contributed by atoms with Gasteiger partial charge in [-0.3, -0.25) is 4.55 Å². The summed E-state index contributed by atoms with van der Waals surface area (Å²) >= 11 is 0. The molecule has 0 aliphatic carbocycles. The number of aromatic nitrogens is 3. The van der Waals surface area contributed by atoms with Crippen molar-refractivity contribution < 1.29 is 13.0 Å². The Balaban J connectivity index is 2.41. The molecule has 234 valence electrons. The van der Waals surface area contributed by atoms with E-state index in [-0.39, 0.29) is 12.3 Å². The highest BCUT2D eigenvalue weighted by Crippen LogP contribution is 2.15. The van der Waals surface area contributed by atoms with E-state index in [0.717, 1.165) is 25.9 Å². The van der Waals surface area contributed by atoms with Crippen LogP contribution in [0.25, 0.3) is 0 Å². The Hall–Kier alpha value is -1.68. The molecule has 40 heavy (non-hydrogen) atoms. The van der Waals surface area contributed by atoms with Gasteiger partial charge in [0.1, 0.15) is 0 Å². The van der Waals surface area contributed by atoms with E-state index >= 15 is 0 Å². The summed E-state index contributed by atoms with van der Waals surface area (Å²) in [6.07, 6.45) is 25.8. The van der Waals surface area contributed by atoms with Crippen molar-refractivity contribution in [3.05, 3.63) is 0 Å². The molecule has 0 aliphatic heterocycles. The van der Waals surface area contributed by atoms with Crippen molar-refractivity contribution in [2.45, 2.75) is 142 Å². The largest absolute Gasteiger partial charge is 0.354 e. The fourth-order valence-corrected chi connectivity index (χ4v) is 5.18. The van der Waals surface area contributed by atoms with Crippen molar-refractivity contribution in [1.29, 1.82) is 0 Å².